The molecule has 0 radical (unpaired) electrons. The van der Waals surface area contributed by atoms with Crippen LogP contribution in [0.1, 0.15) is 5.56 Å². The van der Waals surface area contributed by atoms with Crippen LogP contribution in [-0.4, -0.2) is 24.2 Å². The lowest BCUT2D eigenvalue weighted by Gasteiger charge is -2.14. The second-order valence-corrected chi connectivity index (χ2v) is 3.21. The van der Waals surface area contributed by atoms with E-state index in [9.17, 15) is 13.2 Å². The summed E-state index contributed by atoms with van der Waals surface area (Å²) in [6.07, 6.45) is 0. The van der Waals surface area contributed by atoms with Gasteiger partial charge in [0, 0.05) is 5.69 Å². The van der Waals surface area contributed by atoms with Crippen LogP contribution in [0.5, 0.6) is 0 Å². The van der Waals surface area contributed by atoms with Crippen molar-refractivity contribution in [2.24, 2.45) is 0 Å². The molecule has 1 rings (SSSR count). The molecule has 2 N–H and O–H groups in total. The first kappa shape index (κ1) is 12.3. The highest BCUT2D eigenvalue weighted by Gasteiger charge is 2.27. The van der Waals surface area contributed by atoms with Gasteiger partial charge in [0.1, 0.15) is 12.4 Å². The maximum atomic E-state index is 12.9. The first-order chi connectivity index (χ1) is 7.46. The van der Waals surface area contributed by atoms with Crippen molar-refractivity contribution in [3.05, 3.63) is 29.6 Å². The maximum absolute atomic E-state index is 12.9. The normalized spacial score (nSPS) is 10.9. The molecule has 86 valence electrons. The molecule has 0 spiro atoms. The van der Waals surface area contributed by atoms with Crippen molar-refractivity contribution in [2.45, 2.75) is 5.92 Å². The maximum Gasteiger partial charge on any atom is 0.287 e. The fourth-order valence-electron chi connectivity index (χ4n) is 1.04. The Morgan fingerprint density at radius 3 is 2.62 bits per heavy atom. The van der Waals surface area contributed by atoms with Gasteiger partial charge >= 0.3 is 0 Å². The Bertz CT molecular complexity index is 415. The summed E-state index contributed by atoms with van der Waals surface area (Å²) in [6, 6.07) is 4.94. The standard InChI is InChI=1S/C10H9F3N2O/c11-8-1-7(4-14)2-9(3-8)15-5-10(12,13)6-16/h1-3,15-16H,5-6H2. The highest BCUT2D eigenvalue weighted by atomic mass is 19.3. The first-order valence-corrected chi connectivity index (χ1v) is 4.40. The van der Waals surface area contributed by atoms with Gasteiger partial charge in [0.2, 0.25) is 0 Å². The second-order valence-electron chi connectivity index (χ2n) is 3.21. The van der Waals surface area contributed by atoms with E-state index in [4.69, 9.17) is 10.4 Å². The molecule has 0 heterocycles. The molecule has 0 aromatic heterocycles. The summed E-state index contributed by atoms with van der Waals surface area (Å²) in [5, 5.41) is 19.1. The minimum Gasteiger partial charge on any atom is -0.390 e. The van der Waals surface area contributed by atoms with Crippen molar-refractivity contribution in [3.63, 3.8) is 0 Å². The number of nitrogens with zero attached hydrogens (tertiary/aromatic N) is 1. The minimum absolute atomic E-state index is 0.0369. The number of anilines is 1. The van der Waals surface area contributed by atoms with Gasteiger partial charge < -0.3 is 10.4 Å². The number of halogens is 3. The van der Waals surface area contributed by atoms with Gasteiger partial charge in [-0.15, -0.1) is 0 Å². The van der Waals surface area contributed by atoms with E-state index in [-0.39, 0.29) is 11.3 Å². The third-order valence-corrected chi connectivity index (χ3v) is 1.81. The number of nitriles is 1. The van der Waals surface area contributed by atoms with E-state index in [1.165, 1.54) is 6.07 Å². The third kappa shape index (κ3) is 3.44. The summed E-state index contributed by atoms with van der Waals surface area (Å²) in [4.78, 5) is 0. The summed E-state index contributed by atoms with van der Waals surface area (Å²) in [7, 11) is 0. The van der Waals surface area contributed by atoms with Crippen molar-refractivity contribution in [1.82, 2.24) is 0 Å². The third-order valence-electron chi connectivity index (χ3n) is 1.81. The lowest BCUT2D eigenvalue weighted by atomic mass is 10.2. The summed E-state index contributed by atoms with van der Waals surface area (Å²) in [6.45, 7) is -2.11. The number of hydrogen-bond donors (Lipinski definition) is 2. The van der Waals surface area contributed by atoms with E-state index in [1.54, 1.807) is 6.07 Å². The van der Waals surface area contributed by atoms with Crippen LogP contribution in [-0.2, 0) is 0 Å². The lowest BCUT2D eigenvalue weighted by Crippen LogP contribution is -2.31. The second kappa shape index (κ2) is 4.86. The van der Waals surface area contributed by atoms with Gasteiger partial charge in [-0.1, -0.05) is 0 Å². The van der Waals surface area contributed by atoms with Crippen LogP contribution in [0.3, 0.4) is 0 Å². The number of rotatable bonds is 4. The van der Waals surface area contributed by atoms with E-state index < -0.39 is 24.9 Å². The van der Waals surface area contributed by atoms with Crippen molar-refractivity contribution >= 4 is 5.69 Å². The van der Waals surface area contributed by atoms with E-state index >= 15 is 0 Å². The molecule has 1 aromatic carbocycles. The van der Waals surface area contributed by atoms with Crippen molar-refractivity contribution in [2.75, 3.05) is 18.5 Å². The molecule has 1 aromatic rings. The largest absolute Gasteiger partial charge is 0.390 e. The molecule has 6 heteroatoms. The minimum atomic E-state index is -3.28. The molecule has 0 aliphatic carbocycles. The molecule has 0 aliphatic heterocycles. The zero-order valence-corrected chi connectivity index (χ0v) is 8.17. The fourth-order valence-corrected chi connectivity index (χ4v) is 1.04. The van der Waals surface area contributed by atoms with Gasteiger partial charge in [0.25, 0.3) is 5.92 Å². The molecular weight excluding hydrogens is 221 g/mol. The Kier molecular flexibility index (Phi) is 3.74. The first-order valence-electron chi connectivity index (χ1n) is 4.40. The zero-order valence-electron chi connectivity index (χ0n) is 8.17. The van der Waals surface area contributed by atoms with Gasteiger partial charge in [0.15, 0.2) is 0 Å². The molecule has 0 unspecified atom stereocenters. The highest BCUT2D eigenvalue weighted by molar-refractivity contribution is 5.49. The molecule has 3 nitrogen and oxygen atoms in total. The number of aliphatic hydroxyl groups excluding tert-OH is 1. The number of benzene rings is 1. The van der Waals surface area contributed by atoms with Gasteiger partial charge in [-0.2, -0.15) is 5.26 Å². The van der Waals surface area contributed by atoms with Crippen LogP contribution in [0.4, 0.5) is 18.9 Å². The topological polar surface area (TPSA) is 56.0 Å². The smallest absolute Gasteiger partial charge is 0.287 e. The summed E-state index contributed by atoms with van der Waals surface area (Å²) in [5.74, 6) is -3.96. The van der Waals surface area contributed by atoms with Crippen LogP contribution in [0.25, 0.3) is 0 Å². The molecular formula is C10H9F3N2O. The lowest BCUT2D eigenvalue weighted by molar-refractivity contribution is -0.0372. The predicted octanol–water partition coefficient (Wildman–Crippen LogP) is 1.74. The summed E-state index contributed by atoms with van der Waals surface area (Å²) in [5.41, 5.74) is 0.111. The van der Waals surface area contributed by atoms with Crippen molar-refractivity contribution < 1.29 is 18.3 Å². The molecule has 0 amide bonds. The van der Waals surface area contributed by atoms with Gasteiger partial charge in [-0.3, -0.25) is 0 Å². The Labute approximate surface area is 90.1 Å². The highest BCUT2D eigenvalue weighted by Crippen LogP contribution is 2.17. The monoisotopic (exact) mass is 230 g/mol. The zero-order chi connectivity index (χ0) is 12.2. The predicted molar refractivity (Wildman–Crippen MR) is 51.6 cm³/mol. The van der Waals surface area contributed by atoms with E-state index in [0.717, 1.165) is 12.1 Å². The quantitative estimate of drug-likeness (QED) is 0.828. The molecule has 0 atom stereocenters. The molecule has 0 saturated heterocycles. The molecule has 0 bridgehead atoms. The van der Waals surface area contributed by atoms with Crippen molar-refractivity contribution in [1.29, 1.82) is 5.26 Å². The Balaban J connectivity index is 2.75. The average molecular weight is 230 g/mol. The van der Waals surface area contributed by atoms with E-state index in [0.29, 0.717) is 0 Å². The average Bonchev–Trinajstić information content (AvgIpc) is 2.26. The van der Waals surface area contributed by atoms with Crippen LogP contribution < -0.4 is 5.32 Å². The van der Waals surface area contributed by atoms with Gasteiger partial charge in [0.05, 0.1) is 18.2 Å². The number of aliphatic hydroxyl groups is 1. The summed E-state index contributed by atoms with van der Waals surface area (Å²) >= 11 is 0. The van der Waals surface area contributed by atoms with Gasteiger partial charge in [-0.05, 0) is 18.2 Å². The van der Waals surface area contributed by atoms with Crippen LogP contribution in [0.2, 0.25) is 0 Å². The van der Waals surface area contributed by atoms with Crippen molar-refractivity contribution in [3.8, 4) is 6.07 Å². The van der Waals surface area contributed by atoms with Gasteiger partial charge in [-0.25, -0.2) is 13.2 Å². The van der Waals surface area contributed by atoms with Crippen LogP contribution in [0, 0.1) is 17.1 Å². The number of alkyl halides is 2. The summed E-state index contributed by atoms with van der Waals surface area (Å²) < 4.78 is 38.2. The SMILES string of the molecule is N#Cc1cc(F)cc(NCC(F)(F)CO)c1. The Morgan fingerprint density at radius 1 is 1.38 bits per heavy atom. The molecule has 16 heavy (non-hydrogen) atoms. The number of hydrogen-bond acceptors (Lipinski definition) is 3. The van der Waals surface area contributed by atoms with Crippen LogP contribution >= 0.6 is 0 Å². The Hall–Kier alpha value is -1.74. The van der Waals surface area contributed by atoms with E-state index in [1.807, 2.05) is 0 Å². The molecule has 0 fully saturated rings. The van der Waals surface area contributed by atoms with Crippen LogP contribution in [0.15, 0.2) is 18.2 Å². The van der Waals surface area contributed by atoms with E-state index in [2.05, 4.69) is 5.32 Å². The molecule has 0 saturated carbocycles. The Morgan fingerprint density at radius 2 is 2.06 bits per heavy atom. The molecule has 0 aliphatic rings. The fraction of sp³-hybridized carbons (Fsp3) is 0.300. The number of nitrogens with one attached hydrogen (secondary N) is 1.